The summed E-state index contributed by atoms with van der Waals surface area (Å²) in [7, 11) is 0. The van der Waals surface area contributed by atoms with Gasteiger partial charge in [0.25, 0.3) is 0 Å². The van der Waals surface area contributed by atoms with E-state index in [-0.39, 0.29) is 11.8 Å². The van der Waals surface area contributed by atoms with Crippen LogP contribution in [0.4, 0.5) is 5.69 Å². The van der Waals surface area contributed by atoms with Crippen LogP contribution >= 0.6 is 0 Å². The van der Waals surface area contributed by atoms with Crippen LogP contribution in [0.25, 0.3) is 0 Å². The standard InChI is InChI=1S/C22H26N2O2/c1-16-13-17(2)15-20(14-16)24-12-11-23(18(3)22(24)26)21(25)10-9-19-7-5-4-6-8-19/h4-8,13-15,18H,9-12H2,1-3H3/t18-/m0/s1. The van der Waals surface area contributed by atoms with Gasteiger partial charge in [0.1, 0.15) is 6.04 Å². The molecule has 4 nitrogen and oxygen atoms in total. The van der Waals surface area contributed by atoms with Crippen LogP contribution in [0.15, 0.2) is 48.5 Å². The van der Waals surface area contributed by atoms with Crippen molar-refractivity contribution in [2.45, 2.75) is 39.7 Å². The largest absolute Gasteiger partial charge is 0.329 e. The number of hydrogen-bond donors (Lipinski definition) is 0. The average molecular weight is 350 g/mol. The Labute approximate surface area is 155 Å². The molecule has 2 aromatic rings. The molecule has 1 atom stereocenters. The van der Waals surface area contributed by atoms with Gasteiger partial charge in [0, 0.05) is 25.2 Å². The number of amides is 2. The third kappa shape index (κ3) is 3.96. The smallest absolute Gasteiger partial charge is 0.249 e. The second-order valence-corrected chi connectivity index (χ2v) is 7.08. The van der Waals surface area contributed by atoms with Crippen LogP contribution in [-0.4, -0.2) is 35.8 Å². The molecule has 0 spiro atoms. The molecule has 4 heteroatoms. The molecule has 1 heterocycles. The molecule has 2 aromatic carbocycles. The summed E-state index contributed by atoms with van der Waals surface area (Å²) in [6.07, 6.45) is 1.14. The predicted octanol–water partition coefficient (Wildman–Crippen LogP) is 3.50. The van der Waals surface area contributed by atoms with E-state index in [0.717, 1.165) is 22.4 Å². The van der Waals surface area contributed by atoms with E-state index < -0.39 is 6.04 Å². The van der Waals surface area contributed by atoms with Crippen LogP contribution in [0.2, 0.25) is 0 Å². The van der Waals surface area contributed by atoms with Gasteiger partial charge in [0.15, 0.2) is 0 Å². The first-order chi connectivity index (χ1) is 12.5. The van der Waals surface area contributed by atoms with Crippen molar-refractivity contribution >= 4 is 17.5 Å². The Morgan fingerprint density at radius 3 is 2.35 bits per heavy atom. The van der Waals surface area contributed by atoms with Crippen molar-refractivity contribution in [3.05, 3.63) is 65.2 Å². The van der Waals surface area contributed by atoms with Gasteiger partial charge >= 0.3 is 0 Å². The highest BCUT2D eigenvalue weighted by Crippen LogP contribution is 2.23. The molecule has 1 saturated heterocycles. The van der Waals surface area contributed by atoms with E-state index in [4.69, 9.17) is 0 Å². The second-order valence-electron chi connectivity index (χ2n) is 7.08. The summed E-state index contributed by atoms with van der Waals surface area (Å²) in [6, 6.07) is 15.7. The van der Waals surface area contributed by atoms with Crippen LogP contribution < -0.4 is 4.90 Å². The van der Waals surface area contributed by atoms with Gasteiger partial charge in [-0.15, -0.1) is 0 Å². The molecular formula is C22H26N2O2. The zero-order valence-electron chi connectivity index (χ0n) is 15.7. The molecule has 0 saturated carbocycles. The number of nitrogens with zero attached hydrogens (tertiary/aromatic N) is 2. The maximum atomic E-state index is 12.9. The lowest BCUT2D eigenvalue weighted by Crippen LogP contribution is -2.57. The highest BCUT2D eigenvalue weighted by molar-refractivity contribution is 6.00. The number of rotatable bonds is 4. The monoisotopic (exact) mass is 350 g/mol. The van der Waals surface area contributed by atoms with E-state index in [9.17, 15) is 9.59 Å². The fourth-order valence-corrected chi connectivity index (χ4v) is 3.61. The Morgan fingerprint density at radius 1 is 1.04 bits per heavy atom. The zero-order chi connectivity index (χ0) is 18.7. The second kappa shape index (κ2) is 7.73. The fraction of sp³-hybridized carbons (Fsp3) is 0.364. The zero-order valence-corrected chi connectivity index (χ0v) is 15.7. The van der Waals surface area contributed by atoms with Crippen molar-refractivity contribution < 1.29 is 9.59 Å². The minimum absolute atomic E-state index is 0.00527. The van der Waals surface area contributed by atoms with Gasteiger partial charge in [-0.2, -0.15) is 0 Å². The Hall–Kier alpha value is -2.62. The predicted molar refractivity (Wildman–Crippen MR) is 104 cm³/mol. The van der Waals surface area contributed by atoms with Crippen molar-refractivity contribution in [3.63, 3.8) is 0 Å². The lowest BCUT2D eigenvalue weighted by atomic mass is 10.1. The molecule has 0 radical (unpaired) electrons. The molecule has 1 aliphatic rings. The van der Waals surface area contributed by atoms with Gasteiger partial charge in [-0.1, -0.05) is 36.4 Å². The third-order valence-corrected chi connectivity index (χ3v) is 4.96. The molecular weight excluding hydrogens is 324 g/mol. The summed E-state index contributed by atoms with van der Waals surface area (Å²) >= 11 is 0. The van der Waals surface area contributed by atoms with Crippen molar-refractivity contribution in [1.82, 2.24) is 4.90 Å². The van der Waals surface area contributed by atoms with Crippen LogP contribution in [-0.2, 0) is 16.0 Å². The van der Waals surface area contributed by atoms with Gasteiger partial charge in [-0.05, 0) is 56.0 Å². The highest BCUT2D eigenvalue weighted by atomic mass is 16.2. The first-order valence-corrected chi connectivity index (χ1v) is 9.19. The van der Waals surface area contributed by atoms with E-state index in [0.29, 0.717) is 25.9 Å². The molecule has 1 fully saturated rings. The van der Waals surface area contributed by atoms with Gasteiger partial charge in [-0.3, -0.25) is 9.59 Å². The van der Waals surface area contributed by atoms with E-state index in [1.54, 1.807) is 4.90 Å². The Kier molecular flexibility index (Phi) is 5.40. The molecule has 26 heavy (non-hydrogen) atoms. The molecule has 0 N–H and O–H groups in total. The number of carbonyl (C=O) groups is 2. The summed E-state index contributed by atoms with van der Waals surface area (Å²) in [5.74, 6) is 0.0455. The number of carbonyl (C=O) groups excluding carboxylic acids is 2. The minimum atomic E-state index is -0.423. The summed E-state index contributed by atoms with van der Waals surface area (Å²) in [4.78, 5) is 29.0. The molecule has 0 bridgehead atoms. The van der Waals surface area contributed by atoms with Gasteiger partial charge in [0.05, 0.1) is 0 Å². The molecule has 0 unspecified atom stereocenters. The summed E-state index contributed by atoms with van der Waals surface area (Å²) in [6.45, 7) is 7.02. The van der Waals surface area contributed by atoms with Gasteiger partial charge in [-0.25, -0.2) is 0 Å². The highest BCUT2D eigenvalue weighted by Gasteiger charge is 2.34. The molecule has 0 aliphatic carbocycles. The molecule has 2 amide bonds. The summed E-state index contributed by atoms with van der Waals surface area (Å²) in [5, 5.41) is 0. The molecule has 1 aliphatic heterocycles. The summed E-state index contributed by atoms with van der Waals surface area (Å²) in [5.41, 5.74) is 4.35. The Bertz CT molecular complexity index is 781. The Balaban J connectivity index is 1.66. The minimum Gasteiger partial charge on any atom is -0.329 e. The molecule has 136 valence electrons. The summed E-state index contributed by atoms with van der Waals surface area (Å²) < 4.78 is 0. The van der Waals surface area contributed by atoms with Crippen LogP contribution in [0, 0.1) is 13.8 Å². The van der Waals surface area contributed by atoms with Gasteiger partial charge < -0.3 is 9.80 Å². The maximum absolute atomic E-state index is 12.9. The molecule has 3 rings (SSSR count). The lowest BCUT2D eigenvalue weighted by molar-refractivity contribution is -0.140. The van der Waals surface area contributed by atoms with E-state index in [1.807, 2.05) is 68.1 Å². The number of benzene rings is 2. The number of hydrogen-bond acceptors (Lipinski definition) is 2. The van der Waals surface area contributed by atoms with Crippen molar-refractivity contribution in [2.24, 2.45) is 0 Å². The first kappa shape index (κ1) is 18.2. The van der Waals surface area contributed by atoms with E-state index in [2.05, 4.69) is 6.07 Å². The molecule has 0 aromatic heterocycles. The van der Waals surface area contributed by atoms with Crippen LogP contribution in [0.1, 0.15) is 30.0 Å². The SMILES string of the molecule is Cc1cc(C)cc(N2CCN(C(=O)CCc3ccccc3)[C@@H](C)C2=O)c1. The van der Waals surface area contributed by atoms with Crippen LogP contribution in [0.5, 0.6) is 0 Å². The fourth-order valence-electron chi connectivity index (χ4n) is 3.61. The van der Waals surface area contributed by atoms with Crippen molar-refractivity contribution in [1.29, 1.82) is 0 Å². The first-order valence-electron chi connectivity index (χ1n) is 9.19. The van der Waals surface area contributed by atoms with Crippen molar-refractivity contribution in [2.75, 3.05) is 18.0 Å². The Morgan fingerprint density at radius 2 is 1.69 bits per heavy atom. The lowest BCUT2D eigenvalue weighted by Gasteiger charge is -2.39. The number of aryl methyl sites for hydroxylation is 3. The number of piperazine rings is 1. The van der Waals surface area contributed by atoms with Crippen LogP contribution in [0.3, 0.4) is 0 Å². The number of anilines is 1. The van der Waals surface area contributed by atoms with E-state index in [1.165, 1.54) is 0 Å². The van der Waals surface area contributed by atoms with Crippen molar-refractivity contribution in [3.8, 4) is 0 Å². The quantitative estimate of drug-likeness (QED) is 0.847. The average Bonchev–Trinajstić information content (AvgIpc) is 2.62. The third-order valence-electron chi connectivity index (χ3n) is 4.96. The normalized spacial score (nSPS) is 17.5. The maximum Gasteiger partial charge on any atom is 0.249 e. The topological polar surface area (TPSA) is 40.6 Å². The van der Waals surface area contributed by atoms with Gasteiger partial charge in [0.2, 0.25) is 11.8 Å². The van der Waals surface area contributed by atoms with E-state index >= 15 is 0 Å².